The number of hydrogen-bond acceptors (Lipinski definition) is 4. The van der Waals surface area contributed by atoms with E-state index in [0.29, 0.717) is 31.1 Å². The zero-order chi connectivity index (χ0) is 21.1. The van der Waals surface area contributed by atoms with Gasteiger partial charge in [-0.25, -0.2) is 4.39 Å². The van der Waals surface area contributed by atoms with Gasteiger partial charge in [-0.05, 0) is 42.3 Å². The average Bonchev–Trinajstić information content (AvgIpc) is 3.16. The molecule has 0 spiro atoms. The van der Waals surface area contributed by atoms with Crippen molar-refractivity contribution in [2.24, 2.45) is 0 Å². The van der Waals surface area contributed by atoms with Crippen molar-refractivity contribution in [3.05, 3.63) is 76.8 Å². The van der Waals surface area contributed by atoms with E-state index in [1.807, 2.05) is 36.6 Å². The molecule has 0 saturated carbocycles. The van der Waals surface area contributed by atoms with Gasteiger partial charge in [-0.1, -0.05) is 30.9 Å². The number of rotatable bonds is 7. The Labute approximate surface area is 179 Å². The first kappa shape index (κ1) is 20.2. The quantitative estimate of drug-likeness (QED) is 0.475. The topological polar surface area (TPSA) is 47.6 Å². The van der Waals surface area contributed by atoms with Crippen LogP contribution in [0.15, 0.2) is 60.5 Å². The minimum absolute atomic E-state index is 0.0616. The van der Waals surface area contributed by atoms with Gasteiger partial charge in [0.2, 0.25) is 5.91 Å². The lowest BCUT2D eigenvalue weighted by Gasteiger charge is -2.25. The molecule has 0 radical (unpaired) electrons. The largest absolute Gasteiger partial charge is 0.490 e. The highest BCUT2D eigenvalue weighted by atomic mass is 32.1. The van der Waals surface area contributed by atoms with Crippen molar-refractivity contribution in [3.63, 3.8) is 0 Å². The monoisotopic (exact) mass is 423 g/mol. The Bertz CT molecular complexity index is 1090. The fourth-order valence-electron chi connectivity index (χ4n) is 3.64. The first-order valence-corrected chi connectivity index (χ1v) is 10.7. The lowest BCUT2D eigenvalue weighted by molar-refractivity contribution is -0.116. The molecule has 0 saturated heterocycles. The fourth-order valence-corrected chi connectivity index (χ4v) is 4.80. The molecule has 3 aromatic rings. The number of thiophene rings is 1. The van der Waals surface area contributed by atoms with E-state index in [0.717, 1.165) is 27.3 Å². The van der Waals surface area contributed by atoms with Crippen LogP contribution in [0.2, 0.25) is 0 Å². The zero-order valence-electron chi connectivity index (χ0n) is 16.6. The Hall–Kier alpha value is -3.12. The van der Waals surface area contributed by atoms with Crippen molar-refractivity contribution in [3.8, 4) is 22.6 Å². The van der Waals surface area contributed by atoms with Crippen LogP contribution >= 0.6 is 11.3 Å². The Morgan fingerprint density at radius 2 is 2.10 bits per heavy atom. The molecule has 4 rings (SSSR count). The van der Waals surface area contributed by atoms with Crippen molar-refractivity contribution >= 4 is 22.9 Å². The second kappa shape index (κ2) is 8.71. The van der Waals surface area contributed by atoms with Crippen LogP contribution in [0.4, 0.5) is 10.1 Å². The van der Waals surface area contributed by atoms with Crippen LogP contribution in [-0.2, 0) is 4.79 Å². The molecule has 1 atom stereocenters. The van der Waals surface area contributed by atoms with Crippen LogP contribution in [0.1, 0.15) is 29.7 Å². The maximum absolute atomic E-state index is 13.7. The normalized spacial score (nSPS) is 15.3. The van der Waals surface area contributed by atoms with Gasteiger partial charge in [-0.2, -0.15) is 0 Å². The Balaban J connectivity index is 1.74. The third-order valence-electron chi connectivity index (χ3n) is 4.95. The van der Waals surface area contributed by atoms with Gasteiger partial charge in [0.1, 0.15) is 12.4 Å². The van der Waals surface area contributed by atoms with Gasteiger partial charge >= 0.3 is 0 Å². The molecule has 1 unspecified atom stereocenters. The summed E-state index contributed by atoms with van der Waals surface area (Å²) in [6.45, 7) is 6.49. The summed E-state index contributed by atoms with van der Waals surface area (Å²) in [7, 11) is 0. The summed E-state index contributed by atoms with van der Waals surface area (Å²) in [6.07, 6.45) is 2.02. The number of amides is 1. The molecular weight excluding hydrogens is 401 g/mol. The molecule has 6 heteroatoms. The minimum Gasteiger partial charge on any atom is -0.490 e. The van der Waals surface area contributed by atoms with Crippen molar-refractivity contribution in [1.29, 1.82) is 0 Å². The second-order valence-electron chi connectivity index (χ2n) is 6.94. The number of halogens is 1. The SMILES string of the molecule is C=CCOc1ccc(C2CC(=O)Nc3c(-c4cccc(F)c4)csc32)cc1OCC. The van der Waals surface area contributed by atoms with E-state index in [9.17, 15) is 9.18 Å². The lowest BCUT2D eigenvalue weighted by atomic mass is 9.89. The Kier molecular flexibility index (Phi) is 5.86. The van der Waals surface area contributed by atoms with Crippen molar-refractivity contribution in [1.82, 2.24) is 0 Å². The number of carbonyl (C=O) groups is 1. The lowest BCUT2D eigenvalue weighted by Crippen LogP contribution is -2.22. The van der Waals surface area contributed by atoms with Crippen LogP contribution in [0.3, 0.4) is 0 Å². The predicted molar refractivity (Wildman–Crippen MR) is 118 cm³/mol. The number of anilines is 1. The van der Waals surface area contributed by atoms with Gasteiger partial charge in [0.05, 0.1) is 12.3 Å². The second-order valence-corrected chi connectivity index (χ2v) is 7.85. The van der Waals surface area contributed by atoms with Gasteiger partial charge < -0.3 is 14.8 Å². The molecule has 4 nitrogen and oxygen atoms in total. The van der Waals surface area contributed by atoms with Gasteiger partial charge in [0, 0.05) is 28.2 Å². The van der Waals surface area contributed by atoms with Gasteiger partial charge in [-0.15, -0.1) is 11.3 Å². The van der Waals surface area contributed by atoms with Crippen molar-refractivity contribution in [2.75, 3.05) is 18.5 Å². The molecule has 30 heavy (non-hydrogen) atoms. The van der Waals surface area contributed by atoms with E-state index in [1.54, 1.807) is 23.5 Å². The minimum atomic E-state index is -0.303. The molecule has 1 aliphatic rings. The highest BCUT2D eigenvalue weighted by molar-refractivity contribution is 7.11. The molecule has 0 bridgehead atoms. The standard InChI is InChI=1S/C24H22FNO3S/c1-3-10-29-20-9-8-16(12-21(20)28-4-2)18-13-22(27)26-23-19(14-30-24(18)23)15-6-5-7-17(25)11-15/h3,5-9,11-12,14,18H,1,4,10,13H2,2H3,(H,26,27). The summed E-state index contributed by atoms with van der Waals surface area (Å²) in [5.74, 6) is 0.823. The first-order valence-electron chi connectivity index (χ1n) is 9.78. The van der Waals surface area contributed by atoms with E-state index < -0.39 is 0 Å². The number of nitrogens with one attached hydrogen (secondary N) is 1. The third-order valence-corrected chi connectivity index (χ3v) is 6.05. The molecular formula is C24H22FNO3S. The van der Waals surface area contributed by atoms with Crippen LogP contribution in [0.25, 0.3) is 11.1 Å². The molecule has 1 aromatic heterocycles. The Morgan fingerprint density at radius 3 is 2.87 bits per heavy atom. The van der Waals surface area contributed by atoms with Crippen molar-refractivity contribution in [2.45, 2.75) is 19.3 Å². The predicted octanol–water partition coefficient (Wildman–Crippen LogP) is 5.99. The summed E-state index contributed by atoms with van der Waals surface area (Å²) < 4.78 is 25.2. The number of fused-ring (bicyclic) bond motifs is 1. The molecule has 0 fully saturated rings. The van der Waals surface area contributed by atoms with E-state index in [-0.39, 0.29) is 17.6 Å². The fraction of sp³-hybridized carbons (Fsp3) is 0.208. The number of hydrogen-bond donors (Lipinski definition) is 1. The molecule has 154 valence electrons. The van der Waals surface area contributed by atoms with E-state index in [4.69, 9.17) is 9.47 Å². The molecule has 1 amide bonds. The summed E-state index contributed by atoms with van der Waals surface area (Å²) in [5, 5.41) is 4.96. The van der Waals surface area contributed by atoms with Crippen LogP contribution < -0.4 is 14.8 Å². The van der Waals surface area contributed by atoms with E-state index >= 15 is 0 Å². The van der Waals surface area contributed by atoms with Crippen molar-refractivity contribution < 1.29 is 18.7 Å². The van der Waals surface area contributed by atoms with Crippen LogP contribution in [-0.4, -0.2) is 19.1 Å². The number of carbonyl (C=O) groups excluding carboxylic acids is 1. The van der Waals surface area contributed by atoms with Crippen LogP contribution in [0, 0.1) is 5.82 Å². The third kappa shape index (κ3) is 3.96. The zero-order valence-corrected chi connectivity index (χ0v) is 17.4. The van der Waals surface area contributed by atoms with Gasteiger partial charge in [0.15, 0.2) is 11.5 Å². The highest BCUT2D eigenvalue weighted by Crippen LogP contribution is 2.47. The smallest absolute Gasteiger partial charge is 0.225 e. The van der Waals surface area contributed by atoms with E-state index in [2.05, 4.69) is 11.9 Å². The average molecular weight is 424 g/mol. The summed E-state index contributed by atoms with van der Waals surface area (Å²) in [5.41, 5.74) is 3.32. The van der Waals surface area contributed by atoms with E-state index in [1.165, 1.54) is 12.1 Å². The maximum Gasteiger partial charge on any atom is 0.225 e. The van der Waals surface area contributed by atoms with Gasteiger partial charge in [0.25, 0.3) is 0 Å². The molecule has 0 aliphatic carbocycles. The molecule has 1 N–H and O–H groups in total. The molecule has 2 heterocycles. The summed E-state index contributed by atoms with van der Waals surface area (Å²) >= 11 is 1.57. The van der Waals surface area contributed by atoms with Crippen LogP contribution in [0.5, 0.6) is 11.5 Å². The van der Waals surface area contributed by atoms with Gasteiger partial charge in [-0.3, -0.25) is 4.79 Å². The maximum atomic E-state index is 13.7. The summed E-state index contributed by atoms with van der Waals surface area (Å²) in [6, 6.07) is 12.2. The summed E-state index contributed by atoms with van der Waals surface area (Å²) in [4.78, 5) is 13.6. The first-order chi connectivity index (χ1) is 14.6. The molecule has 2 aromatic carbocycles. The highest BCUT2D eigenvalue weighted by Gasteiger charge is 2.31. The Morgan fingerprint density at radius 1 is 1.23 bits per heavy atom. The number of ether oxygens (including phenoxy) is 2. The number of benzene rings is 2. The molecule has 1 aliphatic heterocycles.